The Balaban J connectivity index is 2.12. The molecule has 1 saturated heterocycles. The number of cyclic esters (lactones) is 2. The van der Waals surface area contributed by atoms with Crippen LogP contribution in [-0.2, 0) is 14.3 Å². The molecule has 1 aromatic heterocycles. The second kappa shape index (κ2) is 4.35. The number of thiophene rings is 1. The van der Waals surface area contributed by atoms with Gasteiger partial charge in [-0.15, -0.1) is 11.3 Å². The van der Waals surface area contributed by atoms with Crippen LogP contribution in [0, 0.1) is 6.92 Å². The standard InChI is InChI=1S/C11H13NO3S/c1-7-3-4-9(16-7)8(2)12-5-10(13)15-11(14)6-12/h3-4,8H,5-6H2,1-2H3. The smallest absolute Gasteiger partial charge is 0.327 e. The third-order valence-electron chi connectivity index (χ3n) is 2.61. The summed E-state index contributed by atoms with van der Waals surface area (Å²) in [4.78, 5) is 26.5. The van der Waals surface area contributed by atoms with Crippen LogP contribution in [0.5, 0.6) is 0 Å². The van der Waals surface area contributed by atoms with Crippen molar-refractivity contribution in [3.05, 3.63) is 21.9 Å². The highest BCUT2D eigenvalue weighted by atomic mass is 32.1. The van der Waals surface area contributed by atoms with E-state index in [0.717, 1.165) is 0 Å². The minimum atomic E-state index is -0.462. The molecule has 5 heteroatoms. The molecule has 1 aromatic rings. The molecular formula is C11H13NO3S. The summed E-state index contributed by atoms with van der Waals surface area (Å²) < 4.78 is 4.49. The van der Waals surface area contributed by atoms with E-state index in [9.17, 15) is 9.59 Å². The first-order valence-corrected chi connectivity index (χ1v) is 5.92. The van der Waals surface area contributed by atoms with Crippen LogP contribution in [0.2, 0.25) is 0 Å². The Hall–Kier alpha value is -1.20. The zero-order valence-corrected chi connectivity index (χ0v) is 10.0. The van der Waals surface area contributed by atoms with E-state index in [4.69, 9.17) is 0 Å². The van der Waals surface area contributed by atoms with Gasteiger partial charge in [0, 0.05) is 15.8 Å². The van der Waals surface area contributed by atoms with Gasteiger partial charge >= 0.3 is 11.9 Å². The van der Waals surface area contributed by atoms with Gasteiger partial charge in [0.05, 0.1) is 13.1 Å². The average molecular weight is 239 g/mol. The van der Waals surface area contributed by atoms with Gasteiger partial charge in [-0.25, -0.2) is 0 Å². The van der Waals surface area contributed by atoms with Gasteiger partial charge in [-0.2, -0.15) is 0 Å². The Labute approximate surface area is 97.8 Å². The Morgan fingerprint density at radius 3 is 2.44 bits per heavy atom. The summed E-state index contributed by atoms with van der Waals surface area (Å²) in [6, 6.07) is 4.16. The van der Waals surface area contributed by atoms with Crippen molar-refractivity contribution in [1.82, 2.24) is 4.90 Å². The van der Waals surface area contributed by atoms with Gasteiger partial charge in [0.25, 0.3) is 0 Å². The van der Waals surface area contributed by atoms with Gasteiger partial charge in [0.15, 0.2) is 0 Å². The van der Waals surface area contributed by atoms with Crippen molar-refractivity contribution in [2.24, 2.45) is 0 Å². The molecule has 0 saturated carbocycles. The van der Waals surface area contributed by atoms with E-state index in [1.54, 1.807) is 11.3 Å². The molecule has 0 aliphatic carbocycles. The second-order valence-electron chi connectivity index (χ2n) is 3.88. The minimum Gasteiger partial charge on any atom is -0.391 e. The number of hydrogen-bond acceptors (Lipinski definition) is 5. The van der Waals surface area contributed by atoms with Crippen molar-refractivity contribution in [2.75, 3.05) is 13.1 Å². The molecule has 0 radical (unpaired) electrons. The number of nitrogens with zero attached hydrogens (tertiary/aromatic N) is 1. The predicted molar refractivity (Wildman–Crippen MR) is 60.1 cm³/mol. The van der Waals surface area contributed by atoms with Crippen LogP contribution in [0.3, 0.4) is 0 Å². The van der Waals surface area contributed by atoms with E-state index in [1.165, 1.54) is 9.75 Å². The largest absolute Gasteiger partial charge is 0.391 e. The fourth-order valence-corrected chi connectivity index (χ4v) is 2.67. The molecule has 2 rings (SSSR count). The van der Waals surface area contributed by atoms with Crippen molar-refractivity contribution >= 4 is 23.3 Å². The number of rotatable bonds is 2. The van der Waals surface area contributed by atoms with Crippen LogP contribution in [0.25, 0.3) is 0 Å². The van der Waals surface area contributed by atoms with Crippen LogP contribution in [0.1, 0.15) is 22.7 Å². The Kier molecular flexibility index (Phi) is 3.07. The Bertz CT molecular complexity index is 411. The molecule has 16 heavy (non-hydrogen) atoms. The van der Waals surface area contributed by atoms with Crippen molar-refractivity contribution in [2.45, 2.75) is 19.9 Å². The third-order valence-corrected chi connectivity index (χ3v) is 3.78. The molecule has 0 amide bonds. The summed E-state index contributed by atoms with van der Waals surface area (Å²) >= 11 is 1.69. The molecule has 1 aliphatic rings. The summed E-state index contributed by atoms with van der Waals surface area (Å²) in [5.41, 5.74) is 0. The van der Waals surface area contributed by atoms with Gasteiger partial charge in [-0.3, -0.25) is 14.5 Å². The molecule has 0 N–H and O–H groups in total. The Morgan fingerprint density at radius 1 is 1.31 bits per heavy atom. The van der Waals surface area contributed by atoms with Crippen molar-refractivity contribution < 1.29 is 14.3 Å². The molecule has 86 valence electrons. The minimum absolute atomic E-state index is 0.0792. The summed E-state index contributed by atoms with van der Waals surface area (Å²) in [7, 11) is 0. The van der Waals surface area contributed by atoms with E-state index in [-0.39, 0.29) is 19.1 Å². The fourth-order valence-electron chi connectivity index (χ4n) is 1.71. The number of hydrogen-bond donors (Lipinski definition) is 0. The molecular weight excluding hydrogens is 226 g/mol. The van der Waals surface area contributed by atoms with Crippen LogP contribution in [-0.4, -0.2) is 29.9 Å². The number of carbonyl (C=O) groups excluding carboxylic acids is 2. The van der Waals surface area contributed by atoms with Crippen LogP contribution in [0.15, 0.2) is 12.1 Å². The van der Waals surface area contributed by atoms with E-state index >= 15 is 0 Å². The lowest BCUT2D eigenvalue weighted by molar-refractivity contribution is -0.167. The molecule has 1 aliphatic heterocycles. The van der Waals surface area contributed by atoms with Gasteiger partial charge < -0.3 is 4.74 Å². The number of esters is 2. The van der Waals surface area contributed by atoms with E-state index < -0.39 is 11.9 Å². The van der Waals surface area contributed by atoms with Crippen molar-refractivity contribution in [1.29, 1.82) is 0 Å². The molecule has 1 unspecified atom stereocenters. The topological polar surface area (TPSA) is 46.6 Å². The summed E-state index contributed by atoms with van der Waals surface area (Å²) in [6.45, 7) is 4.40. The van der Waals surface area contributed by atoms with Crippen LogP contribution >= 0.6 is 11.3 Å². The summed E-state index contributed by atoms with van der Waals surface area (Å²) in [5.74, 6) is -0.923. The maximum atomic E-state index is 11.1. The van der Waals surface area contributed by atoms with Crippen molar-refractivity contribution in [3.63, 3.8) is 0 Å². The van der Waals surface area contributed by atoms with E-state index in [2.05, 4.69) is 4.74 Å². The average Bonchev–Trinajstić information content (AvgIpc) is 2.62. The maximum absolute atomic E-state index is 11.1. The molecule has 0 spiro atoms. The molecule has 2 heterocycles. The molecule has 0 aromatic carbocycles. The third kappa shape index (κ3) is 2.31. The highest BCUT2D eigenvalue weighted by molar-refractivity contribution is 7.12. The first-order valence-electron chi connectivity index (χ1n) is 5.10. The molecule has 0 bridgehead atoms. The SMILES string of the molecule is Cc1ccc(C(C)N2CC(=O)OC(=O)C2)s1. The Morgan fingerprint density at radius 2 is 1.94 bits per heavy atom. The maximum Gasteiger partial charge on any atom is 0.327 e. The highest BCUT2D eigenvalue weighted by Crippen LogP contribution is 2.27. The molecule has 4 nitrogen and oxygen atoms in total. The number of aryl methyl sites for hydroxylation is 1. The van der Waals surface area contributed by atoms with Crippen molar-refractivity contribution in [3.8, 4) is 0 Å². The fraction of sp³-hybridized carbons (Fsp3) is 0.455. The van der Waals surface area contributed by atoms with Crippen LogP contribution in [0.4, 0.5) is 0 Å². The first-order chi connectivity index (χ1) is 7.56. The molecule has 1 atom stereocenters. The number of carbonyl (C=O) groups is 2. The highest BCUT2D eigenvalue weighted by Gasteiger charge is 2.29. The monoisotopic (exact) mass is 239 g/mol. The quantitative estimate of drug-likeness (QED) is 0.579. The summed E-state index contributed by atoms with van der Waals surface area (Å²) in [6.07, 6.45) is 0. The van der Waals surface area contributed by atoms with Gasteiger partial charge in [0.1, 0.15) is 0 Å². The second-order valence-corrected chi connectivity index (χ2v) is 5.19. The number of ether oxygens (including phenoxy) is 1. The summed E-state index contributed by atoms with van der Waals surface area (Å²) in [5, 5.41) is 0. The zero-order chi connectivity index (χ0) is 11.7. The zero-order valence-electron chi connectivity index (χ0n) is 9.23. The van der Waals surface area contributed by atoms with E-state index in [1.807, 2.05) is 30.9 Å². The van der Waals surface area contributed by atoms with E-state index in [0.29, 0.717) is 0 Å². The molecule has 1 fully saturated rings. The van der Waals surface area contributed by atoms with Gasteiger partial charge in [-0.05, 0) is 26.0 Å². The lowest BCUT2D eigenvalue weighted by Gasteiger charge is -2.29. The normalized spacial score (nSPS) is 19.6. The van der Waals surface area contributed by atoms with Gasteiger partial charge in [-0.1, -0.05) is 0 Å². The van der Waals surface area contributed by atoms with Crippen LogP contribution < -0.4 is 0 Å². The van der Waals surface area contributed by atoms with Gasteiger partial charge in [0.2, 0.25) is 0 Å². The predicted octanol–water partition coefficient (Wildman–Crippen LogP) is 1.50. The lowest BCUT2D eigenvalue weighted by Crippen LogP contribution is -2.43. The number of morpholine rings is 1. The first kappa shape index (κ1) is 11.3. The lowest BCUT2D eigenvalue weighted by atomic mass is 10.2.